The van der Waals surface area contributed by atoms with Crippen LogP contribution in [0, 0.1) is 23.7 Å². The molecule has 15 heavy (non-hydrogen) atoms. The topological polar surface area (TPSA) is 0 Å². The fourth-order valence-electron chi connectivity index (χ4n) is 3.65. The zero-order chi connectivity index (χ0) is 11.8. The molecule has 0 aliphatic heterocycles. The third kappa shape index (κ3) is 3.50. The molecule has 4 unspecified atom stereocenters. The zero-order valence-electron chi connectivity index (χ0n) is 11.8. The van der Waals surface area contributed by atoms with E-state index < -0.39 is 0 Å². The van der Waals surface area contributed by atoms with Crippen molar-refractivity contribution < 1.29 is 0 Å². The molecule has 0 N–H and O–H groups in total. The molecule has 0 nitrogen and oxygen atoms in total. The van der Waals surface area contributed by atoms with Crippen molar-refractivity contribution >= 4 is 0 Å². The molecule has 0 heterocycles. The highest BCUT2D eigenvalue weighted by Gasteiger charge is 2.38. The maximum atomic E-state index is 2.38. The summed E-state index contributed by atoms with van der Waals surface area (Å²) in [5.74, 6) is 4.17. The first-order valence-corrected chi connectivity index (χ1v) is 7.28. The largest absolute Gasteiger partial charge is 0.0683 e. The predicted octanol–water partition coefficient (Wildman–Crippen LogP) is 5.52. The first-order valence-electron chi connectivity index (χ1n) is 7.28. The Hall–Kier alpha value is 0. The van der Waals surface area contributed by atoms with Gasteiger partial charge in [0.05, 0.1) is 0 Å². The molecule has 92 valence electrons. The normalized spacial score (nSPS) is 34.8. The average molecular weight is 212 g/mol. The van der Waals surface area contributed by atoms with Crippen LogP contribution in [-0.4, -0.2) is 0 Å². The van der Waals surface area contributed by atoms with Gasteiger partial charge in [-0.25, -0.2) is 0 Å². The summed E-state index contributed by atoms with van der Waals surface area (Å²) in [4.78, 5) is 0. The summed E-state index contributed by atoms with van der Waals surface area (Å²) in [7, 11) is 0. The van der Waals surface area contributed by atoms with Crippen LogP contribution in [0.25, 0.3) is 0 Å². The highest BCUT2D eigenvalue weighted by atomic mass is 14.4. The maximum Gasteiger partial charge on any atom is -0.0357 e. The molecule has 1 rings (SSSR count). The van der Waals surface area contributed by atoms with Gasteiger partial charge in [0, 0.05) is 0 Å². The monoisotopic (exact) mass is 212 g/mol. The lowest BCUT2D eigenvalue weighted by atomic mass is 9.82. The Bertz CT molecular complexity index is 123. The smallest absolute Gasteiger partial charge is 0.0357 e. The SMILES string of the molecule is CC.CCC1CC(CC)C(CC)C1CC. The minimum Gasteiger partial charge on any atom is -0.0683 e. The van der Waals surface area contributed by atoms with Gasteiger partial charge in [-0.05, 0) is 30.1 Å². The summed E-state index contributed by atoms with van der Waals surface area (Å²) in [5.41, 5.74) is 0. The van der Waals surface area contributed by atoms with Gasteiger partial charge in [0.25, 0.3) is 0 Å². The molecular formula is C15H32. The van der Waals surface area contributed by atoms with Crippen molar-refractivity contribution in [2.45, 2.75) is 73.6 Å². The van der Waals surface area contributed by atoms with Crippen molar-refractivity contribution in [3.63, 3.8) is 0 Å². The molecule has 1 fully saturated rings. The summed E-state index contributed by atoms with van der Waals surface area (Å²) in [6.45, 7) is 13.5. The molecule has 0 aromatic heterocycles. The lowest BCUT2D eigenvalue weighted by Gasteiger charge is -2.23. The van der Waals surface area contributed by atoms with Gasteiger partial charge in [0.1, 0.15) is 0 Å². The molecule has 1 aliphatic carbocycles. The van der Waals surface area contributed by atoms with Crippen molar-refractivity contribution in [2.75, 3.05) is 0 Å². The minimum atomic E-state index is 1.04. The quantitative estimate of drug-likeness (QED) is 0.575. The van der Waals surface area contributed by atoms with Crippen molar-refractivity contribution in [1.29, 1.82) is 0 Å². The highest BCUT2D eigenvalue weighted by Crippen LogP contribution is 2.47. The fourth-order valence-corrected chi connectivity index (χ4v) is 3.65. The van der Waals surface area contributed by atoms with Crippen LogP contribution >= 0.6 is 0 Å². The lowest BCUT2D eigenvalue weighted by Crippen LogP contribution is -2.15. The second kappa shape index (κ2) is 8.19. The Morgan fingerprint density at radius 1 is 0.667 bits per heavy atom. The van der Waals surface area contributed by atoms with Crippen LogP contribution in [0.3, 0.4) is 0 Å². The summed E-state index contributed by atoms with van der Waals surface area (Å²) in [6.07, 6.45) is 7.15. The molecule has 0 bridgehead atoms. The molecule has 0 aromatic carbocycles. The first kappa shape index (κ1) is 15.0. The Labute approximate surface area is 97.8 Å². The van der Waals surface area contributed by atoms with E-state index in [0.717, 1.165) is 23.7 Å². The minimum absolute atomic E-state index is 1.04. The summed E-state index contributed by atoms with van der Waals surface area (Å²) < 4.78 is 0. The van der Waals surface area contributed by atoms with E-state index in [9.17, 15) is 0 Å². The molecule has 1 aliphatic rings. The standard InChI is InChI=1S/C13H26.C2H6/c1-5-10-9-11(6-2)13(8-4)12(10)7-3;1-2/h10-13H,5-9H2,1-4H3;1-2H3. The fraction of sp³-hybridized carbons (Fsp3) is 1.00. The van der Waals surface area contributed by atoms with Crippen LogP contribution in [-0.2, 0) is 0 Å². The van der Waals surface area contributed by atoms with Crippen molar-refractivity contribution in [3.05, 3.63) is 0 Å². The molecule has 0 amide bonds. The Morgan fingerprint density at radius 2 is 1.00 bits per heavy atom. The number of rotatable bonds is 4. The molecule has 0 heteroatoms. The van der Waals surface area contributed by atoms with Crippen LogP contribution in [0.4, 0.5) is 0 Å². The Kier molecular flexibility index (Phi) is 8.19. The molecule has 4 atom stereocenters. The molecule has 1 saturated carbocycles. The van der Waals surface area contributed by atoms with E-state index in [0.29, 0.717) is 0 Å². The molecule has 0 spiro atoms. The van der Waals surface area contributed by atoms with Gasteiger partial charge < -0.3 is 0 Å². The van der Waals surface area contributed by atoms with Crippen LogP contribution in [0.2, 0.25) is 0 Å². The number of hydrogen-bond donors (Lipinski definition) is 0. The lowest BCUT2D eigenvalue weighted by molar-refractivity contribution is 0.260. The average Bonchev–Trinajstić information content (AvgIpc) is 2.68. The first-order chi connectivity index (χ1) is 7.28. The van der Waals surface area contributed by atoms with Gasteiger partial charge in [-0.15, -0.1) is 0 Å². The van der Waals surface area contributed by atoms with Crippen molar-refractivity contribution in [1.82, 2.24) is 0 Å². The maximum absolute atomic E-state index is 2.38. The van der Waals surface area contributed by atoms with Gasteiger partial charge in [-0.2, -0.15) is 0 Å². The van der Waals surface area contributed by atoms with E-state index in [4.69, 9.17) is 0 Å². The second-order valence-corrected chi connectivity index (χ2v) is 4.72. The van der Waals surface area contributed by atoms with Crippen LogP contribution in [0.1, 0.15) is 73.6 Å². The summed E-state index contributed by atoms with van der Waals surface area (Å²) in [6, 6.07) is 0. The van der Waals surface area contributed by atoms with Gasteiger partial charge in [-0.3, -0.25) is 0 Å². The summed E-state index contributed by atoms with van der Waals surface area (Å²) >= 11 is 0. The Morgan fingerprint density at radius 3 is 1.20 bits per heavy atom. The van der Waals surface area contributed by atoms with E-state index in [1.165, 1.54) is 32.1 Å². The van der Waals surface area contributed by atoms with Gasteiger partial charge in [0.15, 0.2) is 0 Å². The van der Waals surface area contributed by atoms with E-state index in [2.05, 4.69) is 27.7 Å². The van der Waals surface area contributed by atoms with Crippen LogP contribution in [0.5, 0.6) is 0 Å². The van der Waals surface area contributed by atoms with Gasteiger partial charge in [-0.1, -0.05) is 67.2 Å². The van der Waals surface area contributed by atoms with Gasteiger partial charge >= 0.3 is 0 Å². The van der Waals surface area contributed by atoms with Crippen LogP contribution < -0.4 is 0 Å². The summed E-state index contributed by atoms with van der Waals surface area (Å²) in [5, 5.41) is 0. The number of hydrogen-bond acceptors (Lipinski definition) is 0. The second-order valence-electron chi connectivity index (χ2n) is 4.72. The van der Waals surface area contributed by atoms with Crippen LogP contribution in [0.15, 0.2) is 0 Å². The van der Waals surface area contributed by atoms with E-state index in [-0.39, 0.29) is 0 Å². The molecule has 0 aromatic rings. The third-order valence-electron chi connectivity index (χ3n) is 4.36. The van der Waals surface area contributed by atoms with E-state index in [1.54, 1.807) is 0 Å². The molecular weight excluding hydrogens is 180 g/mol. The predicted molar refractivity (Wildman–Crippen MR) is 71.1 cm³/mol. The Balaban J connectivity index is 0.000000921. The highest BCUT2D eigenvalue weighted by molar-refractivity contribution is 4.88. The van der Waals surface area contributed by atoms with Gasteiger partial charge in [0.2, 0.25) is 0 Å². The van der Waals surface area contributed by atoms with Crippen molar-refractivity contribution in [3.8, 4) is 0 Å². The van der Waals surface area contributed by atoms with E-state index >= 15 is 0 Å². The third-order valence-corrected chi connectivity index (χ3v) is 4.36. The molecule has 0 saturated heterocycles. The van der Waals surface area contributed by atoms with E-state index in [1.807, 2.05) is 13.8 Å². The van der Waals surface area contributed by atoms with Crippen molar-refractivity contribution in [2.24, 2.45) is 23.7 Å². The molecule has 0 radical (unpaired) electrons. The zero-order valence-corrected chi connectivity index (χ0v) is 11.8.